The Balaban J connectivity index is 1.53. The van der Waals surface area contributed by atoms with Gasteiger partial charge in [-0.2, -0.15) is 0 Å². The van der Waals surface area contributed by atoms with E-state index in [2.05, 4.69) is 20.9 Å². The van der Waals surface area contributed by atoms with Crippen LogP contribution in [-0.2, 0) is 7.05 Å². The Labute approximate surface area is 124 Å². The molecule has 110 valence electrons. The highest BCUT2D eigenvalue weighted by Gasteiger charge is 2.34. The van der Waals surface area contributed by atoms with E-state index in [4.69, 9.17) is 0 Å². The average molecular weight is 283 g/mol. The van der Waals surface area contributed by atoms with Crippen LogP contribution in [-0.4, -0.2) is 41.1 Å². The largest absolute Gasteiger partial charge is 0.351 e. The predicted octanol–water partition coefficient (Wildman–Crippen LogP) is 2.00. The second kappa shape index (κ2) is 4.88. The molecule has 3 aliphatic rings. The minimum Gasteiger partial charge on any atom is -0.351 e. The molecular weight excluding hydrogens is 262 g/mol. The lowest BCUT2D eigenvalue weighted by Crippen LogP contribution is -2.57. The van der Waals surface area contributed by atoms with Crippen molar-refractivity contribution >= 4 is 16.8 Å². The molecule has 0 aliphatic carbocycles. The van der Waals surface area contributed by atoms with E-state index in [1.807, 2.05) is 31.4 Å². The van der Waals surface area contributed by atoms with E-state index in [1.165, 1.54) is 25.9 Å². The number of piperidine rings is 3. The number of carbonyl (C=O) groups is 1. The summed E-state index contributed by atoms with van der Waals surface area (Å²) in [5.74, 6) is 0.735. The fourth-order valence-electron chi connectivity index (χ4n) is 3.80. The second-order valence-corrected chi connectivity index (χ2v) is 6.42. The van der Waals surface area contributed by atoms with Crippen LogP contribution in [0.25, 0.3) is 10.9 Å². The zero-order valence-electron chi connectivity index (χ0n) is 12.4. The lowest BCUT2D eigenvalue weighted by Gasteiger charge is -2.44. The van der Waals surface area contributed by atoms with Crippen LogP contribution in [0, 0.1) is 5.92 Å². The van der Waals surface area contributed by atoms with E-state index in [0.717, 1.165) is 23.0 Å². The molecule has 2 aromatic rings. The van der Waals surface area contributed by atoms with Gasteiger partial charge in [0.1, 0.15) is 0 Å². The van der Waals surface area contributed by atoms with Gasteiger partial charge in [-0.05, 0) is 56.1 Å². The van der Waals surface area contributed by atoms with Crippen molar-refractivity contribution < 1.29 is 4.79 Å². The van der Waals surface area contributed by atoms with E-state index in [0.29, 0.717) is 12.0 Å². The van der Waals surface area contributed by atoms with Gasteiger partial charge < -0.3 is 14.8 Å². The molecule has 21 heavy (non-hydrogen) atoms. The molecule has 0 unspecified atom stereocenters. The van der Waals surface area contributed by atoms with Crippen LogP contribution < -0.4 is 5.32 Å². The second-order valence-electron chi connectivity index (χ2n) is 6.42. The number of hydrogen-bond acceptors (Lipinski definition) is 2. The number of amides is 1. The van der Waals surface area contributed by atoms with Crippen molar-refractivity contribution in [2.24, 2.45) is 13.0 Å². The van der Waals surface area contributed by atoms with E-state index in [1.54, 1.807) is 0 Å². The van der Waals surface area contributed by atoms with Gasteiger partial charge in [0, 0.05) is 42.3 Å². The quantitative estimate of drug-likeness (QED) is 0.915. The molecule has 1 aromatic carbocycles. The minimum absolute atomic E-state index is 0.0690. The highest BCUT2D eigenvalue weighted by molar-refractivity contribution is 5.98. The van der Waals surface area contributed by atoms with Crippen molar-refractivity contribution in [3.05, 3.63) is 36.0 Å². The SMILES string of the molecule is Cn1ccc2cc(C(=O)N[C@@H]3CN4CCC3CC4)ccc21. The monoisotopic (exact) mass is 283 g/mol. The fraction of sp³-hybridized carbons (Fsp3) is 0.471. The Morgan fingerprint density at radius 2 is 2.05 bits per heavy atom. The van der Waals surface area contributed by atoms with Crippen LogP contribution in [0.4, 0.5) is 0 Å². The number of hydrogen-bond donors (Lipinski definition) is 1. The number of fused-ring (bicyclic) bond motifs is 4. The van der Waals surface area contributed by atoms with Gasteiger partial charge in [-0.3, -0.25) is 4.79 Å². The van der Waals surface area contributed by atoms with Gasteiger partial charge in [0.25, 0.3) is 5.91 Å². The number of rotatable bonds is 2. The van der Waals surface area contributed by atoms with Gasteiger partial charge in [-0.15, -0.1) is 0 Å². The predicted molar refractivity (Wildman–Crippen MR) is 83.3 cm³/mol. The van der Waals surface area contributed by atoms with Crippen molar-refractivity contribution in [3.63, 3.8) is 0 Å². The first kappa shape index (κ1) is 12.9. The maximum Gasteiger partial charge on any atom is 0.251 e. The van der Waals surface area contributed by atoms with E-state index < -0.39 is 0 Å². The van der Waals surface area contributed by atoms with Crippen LogP contribution in [0.3, 0.4) is 0 Å². The lowest BCUT2D eigenvalue weighted by atomic mass is 9.84. The van der Waals surface area contributed by atoms with Crippen LogP contribution in [0.15, 0.2) is 30.5 Å². The number of aromatic nitrogens is 1. The zero-order valence-corrected chi connectivity index (χ0v) is 12.4. The Morgan fingerprint density at radius 3 is 2.76 bits per heavy atom. The number of aryl methyl sites for hydroxylation is 1. The molecule has 3 fully saturated rings. The topological polar surface area (TPSA) is 37.3 Å². The van der Waals surface area contributed by atoms with Gasteiger partial charge in [-0.25, -0.2) is 0 Å². The summed E-state index contributed by atoms with van der Waals surface area (Å²) in [5.41, 5.74) is 1.93. The number of nitrogens with zero attached hydrogens (tertiary/aromatic N) is 2. The maximum atomic E-state index is 12.5. The molecule has 4 heteroatoms. The molecule has 0 spiro atoms. The highest BCUT2D eigenvalue weighted by Crippen LogP contribution is 2.27. The molecule has 1 amide bonds. The molecule has 2 bridgehead atoms. The third-order valence-electron chi connectivity index (χ3n) is 5.12. The smallest absolute Gasteiger partial charge is 0.251 e. The van der Waals surface area contributed by atoms with Crippen LogP contribution in [0.1, 0.15) is 23.2 Å². The van der Waals surface area contributed by atoms with Crippen LogP contribution >= 0.6 is 0 Å². The van der Waals surface area contributed by atoms with Gasteiger partial charge in [-0.1, -0.05) is 0 Å². The Bertz CT molecular complexity index is 682. The lowest BCUT2D eigenvalue weighted by molar-refractivity contribution is 0.0620. The Morgan fingerprint density at radius 1 is 1.24 bits per heavy atom. The maximum absolute atomic E-state index is 12.5. The Hall–Kier alpha value is -1.81. The van der Waals surface area contributed by atoms with E-state index >= 15 is 0 Å². The summed E-state index contributed by atoms with van der Waals surface area (Å²) < 4.78 is 2.07. The Kier molecular flexibility index (Phi) is 3.00. The summed E-state index contributed by atoms with van der Waals surface area (Å²) in [5, 5.41) is 4.37. The molecule has 1 N–H and O–H groups in total. The third-order valence-corrected chi connectivity index (χ3v) is 5.12. The highest BCUT2D eigenvalue weighted by atomic mass is 16.1. The fourth-order valence-corrected chi connectivity index (χ4v) is 3.80. The summed E-state index contributed by atoms with van der Waals surface area (Å²) in [6.45, 7) is 3.42. The zero-order chi connectivity index (χ0) is 14.4. The summed E-state index contributed by atoms with van der Waals surface area (Å²) >= 11 is 0. The molecule has 3 saturated heterocycles. The van der Waals surface area contributed by atoms with E-state index in [9.17, 15) is 4.79 Å². The normalized spacial score (nSPS) is 28.0. The summed E-state index contributed by atoms with van der Waals surface area (Å²) in [6.07, 6.45) is 4.48. The van der Waals surface area contributed by atoms with Crippen LogP contribution in [0.2, 0.25) is 0 Å². The first-order chi connectivity index (χ1) is 10.2. The number of carbonyl (C=O) groups excluding carboxylic acids is 1. The first-order valence-electron chi connectivity index (χ1n) is 7.79. The average Bonchev–Trinajstić information content (AvgIpc) is 2.89. The molecule has 4 nitrogen and oxygen atoms in total. The standard InChI is InChI=1S/C17H21N3O/c1-19-7-4-13-10-14(2-3-16(13)19)17(21)18-15-11-20-8-5-12(15)6-9-20/h2-4,7,10,12,15H,5-6,8-9,11H2,1H3,(H,18,21)/t15-/m1/s1. The molecule has 0 saturated carbocycles. The molecule has 1 aromatic heterocycles. The van der Waals surface area contributed by atoms with Gasteiger partial charge in [0.05, 0.1) is 0 Å². The van der Waals surface area contributed by atoms with Crippen molar-refractivity contribution in [1.29, 1.82) is 0 Å². The summed E-state index contributed by atoms with van der Waals surface area (Å²) in [7, 11) is 2.02. The van der Waals surface area contributed by atoms with Gasteiger partial charge >= 0.3 is 0 Å². The van der Waals surface area contributed by atoms with Crippen molar-refractivity contribution in [2.45, 2.75) is 18.9 Å². The number of benzene rings is 1. The molecular formula is C17H21N3O. The first-order valence-corrected chi connectivity index (χ1v) is 7.79. The minimum atomic E-state index is 0.0690. The van der Waals surface area contributed by atoms with Crippen molar-refractivity contribution in [2.75, 3.05) is 19.6 Å². The molecule has 1 atom stereocenters. The van der Waals surface area contributed by atoms with Crippen molar-refractivity contribution in [3.8, 4) is 0 Å². The van der Waals surface area contributed by atoms with Crippen LogP contribution in [0.5, 0.6) is 0 Å². The van der Waals surface area contributed by atoms with E-state index in [-0.39, 0.29) is 5.91 Å². The van der Waals surface area contributed by atoms with Crippen molar-refractivity contribution in [1.82, 2.24) is 14.8 Å². The molecule has 0 radical (unpaired) electrons. The molecule has 3 aliphatic heterocycles. The summed E-state index contributed by atoms with van der Waals surface area (Å²) in [6, 6.07) is 8.33. The van der Waals surface area contributed by atoms with Gasteiger partial charge in [0.15, 0.2) is 0 Å². The third kappa shape index (κ3) is 2.23. The summed E-state index contributed by atoms with van der Waals surface area (Å²) in [4.78, 5) is 15.0. The number of nitrogens with one attached hydrogen (secondary N) is 1. The molecule has 5 rings (SSSR count). The van der Waals surface area contributed by atoms with Gasteiger partial charge in [0.2, 0.25) is 0 Å². The molecule has 4 heterocycles.